The molecule has 2 aliphatic heterocycles. The second-order valence-electron chi connectivity index (χ2n) is 5.82. The van der Waals surface area contributed by atoms with Crippen LogP contribution in [0.1, 0.15) is 26.7 Å². The number of nitrogens with one attached hydrogen (secondary N) is 1. The van der Waals surface area contributed by atoms with Crippen molar-refractivity contribution in [2.45, 2.75) is 32.8 Å². The summed E-state index contributed by atoms with van der Waals surface area (Å²) in [5.41, 5.74) is 0. The Morgan fingerprint density at radius 3 is 2.55 bits per heavy atom. The number of ether oxygens (including phenoxy) is 1. The topological polar surface area (TPSA) is 44.8 Å². The van der Waals surface area contributed by atoms with Gasteiger partial charge in [0.1, 0.15) is 6.10 Å². The molecule has 5 nitrogen and oxygen atoms in total. The molecule has 1 N–H and O–H groups in total. The molecule has 0 bridgehead atoms. The van der Waals surface area contributed by atoms with Crippen molar-refractivity contribution >= 4 is 5.91 Å². The molecule has 0 spiro atoms. The number of carbonyl (C=O) groups is 1. The van der Waals surface area contributed by atoms with Crippen molar-refractivity contribution < 1.29 is 9.53 Å². The Morgan fingerprint density at radius 1 is 1.30 bits per heavy atom. The van der Waals surface area contributed by atoms with Crippen molar-refractivity contribution in [3.8, 4) is 0 Å². The zero-order valence-corrected chi connectivity index (χ0v) is 12.9. The summed E-state index contributed by atoms with van der Waals surface area (Å²) in [5, 5.41) is 3.23. The molecule has 1 unspecified atom stereocenters. The van der Waals surface area contributed by atoms with E-state index in [0.717, 1.165) is 51.5 Å². The lowest BCUT2D eigenvalue weighted by Gasteiger charge is -2.36. The van der Waals surface area contributed by atoms with Crippen LogP contribution in [0.5, 0.6) is 0 Å². The van der Waals surface area contributed by atoms with Crippen LogP contribution in [0.15, 0.2) is 0 Å². The lowest BCUT2D eigenvalue weighted by molar-refractivity contribution is -0.146. The second-order valence-corrected chi connectivity index (χ2v) is 5.82. The maximum atomic E-state index is 12.3. The molecule has 0 aliphatic carbocycles. The molecule has 2 fully saturated rings. The fraction of sp³-hybridized carbons (Fsp3) is 0.933. The molecule has 2 rings (SSSR count). The Labute approximate surface area is 122 Å². The fourth-order valence-corrected chi connectivity index (χ4v) is 3.11. The first-order chi connectivity index (χ1) is 9.74. The average Bonchev–Trinajstić information content (AvgIpc) is 2.53. The van der Waals surface area contributed by atoms with Gasteiger partial charge in [0.05, 0.1) is 6.61 Å². The standard InChI is InChI=1S/C15H29N3O2/c1-3-17(4-2)12-13-5-8-18(9-6-13)15(19)14-11-16-7-10-20-14/h13-14,16H,3-12H2,1-2H3. The van der Waals surface area contributed by atoms with Crippen molar-refractivity contribution in [1.82, 2.24) is 15.1 Å². The van der Waals surface area contributed by atoms with Crippen LogP contribution in [-0.4, -0.2) is 74.2 Å². The van der Waals surface area contributed by atoms with Crippen molar-refractivity contribution in [3.05, 3.63) is 0 Å². The van der Waals surface area contributed by atoms with Crippen LogP contribution in [0.2, 0.25) is 0 Å². The van der Waals surface area contributed by atoms with Gasteiger partial charge in [-0.2, -0.15) is 0 Å². The third kappa shape index (κ3) is 4.17. The summed E-state index contributed by atoms with van der Waals surface area (Å²) in [6, 6.07) is 0. The van der Waals surface area contributed by atoms with Crippen molar-refractivity contribution in [2.24, 2.45) is 5.92 Å². The molecule has 5 heteroatoms. The van der Waals surface area contributed by atoms with Crippen LogP contribution >= 0.6 is 0 Å². The van der Waals surface area contributed by atoms with Gasteiger partial charge in [0.25, 0.3) is 5.91 Å². The Kier molecular flexibility index (Phi) is 6.26. The summed E-state index contributed by atoms with van der Waals surface area (Å²) in [6.07, 6.45) is 1.99. The Balaban J connectivity index is 1.74. The first kappa shape index (κ1) is 15.7. The van der Waals surface area contributed by atoms with Crippen LogP contribution < -0.4 is 5.32 Å². The molecule has 2 heterocycles. The zero-order valence-electron chi connectivity index (χ0n) is 12.9. The minimum Gasteiger partial charge on any atom is -0.366 e. The van der Waals surface area contributed by atoms with E-state index in [1.165, 1.54) is 6.54 Å². The van der Waals surface area contributed by atoms with Crippen LogP contribution in [0, 0.1) is 5.92 Å². The van der Waals surface area contributed by atoms with Gasteiger partial charge in [-0.15, -0.1) is 0 Å². The van der Waals surface area contributed by atoms with Crippen molar-refractivity contribution in [1.29, 1.82) is 0 Å². The van der Waals surface area contributed by atoms with E-state index in [0.29, 0.717) is 13.2 Å². The number of piperidine rings is 1. The number of carbonyl (C=O) groups excluding carboxylic acids is 1. The number of amides is 1. The molecule has 1 atom stereocenters. The fourth-order valence-electron chi connectivity index (χ4n) is 3.11. The van der Waals surface area contributed by atoms with E-state index in [1.807, 2.05) is 4.90 Å². The lowest BCUT2D eigenvalue weighted by atomic mass is 9.95. The van der Waals surface area contributed by atoms with E-state index in [-0.39, 0.29) is 12.0 Å². The smallest absolute Gasteiger partial charge is 0.253 e. The van der Waals surface area contributed by atoms with E-state index in [1.54, 1.807) is 0 Å². The molecule has 0 radical (unpaired) electrons. The first-order valence-electron chi connectivity index (χ1n) is 8.08. The average molecular weight is 283 g/mol. The highest BCUT2D eigenvalue weighted by Gasteiger charge is 2.30. The van der Waals surface area contributed by atoms with Gasteiger partial charge in [-0.05, 0) is 31.8 Å². The molecule has 2 saturated heterocycles. The summed E-state index contributed by atoms with van der Waals surface area (Å²) < 4.78 is 5.56. The third-order valence-corrected chi connectivity index (χ3v) is 4.54. The molecular formula is C15H29N3O2. The van der Waals surface area contributed by atoms with E-state index in [2.05, 4.69) is 24.1 Å². The Hall–Kier alpha value is -0.650. The minimum atomic E-state index is -0.261. The highest BCUT2D eigenvalue weighted by atomic mass is 16.5. The number of likely N-dealkylation sites (tertiary alicyclic amines) is 1. The number of nitrogens with zero attached hydrogens (tertiary/aromatic N) is 2. The van der Waals surface area contributed by atoms with Gasteiger partial charge in [-0.25, -0.2) is 0 Å². The van der Waals surface area contributed by atoms with E-state index in [9.17, 15) is 4.79 Å². The Morgan fingerprint density at radius 2 is 2.00 bits per heavy atom. The van der Waals surface area contributed by atoms with Gasteiger partial charge >= 0.3 is 0 Å². The monoisotopic (exact) mass is 283 g/mol. The normalized spacial score (nSPS) is 25.1. The third-order valence-electron chi connectivity index (χ3n) is 4.54. The predicted octanol–water partition coefficient (Wildman–Crippen LogP) is 0.555. The number of morpholine rings is 1. The first-order valence-corrected chi connectivity index (χ1v) is 8.08. The zero-order chi connectivity index (χ0) is 14.4. The second kappa shape index (κ2) is 7.96. The van der Waals surface area contributed by atoms with Gasteiger partial charge in [0.2, 0.25) is 0 Å². The Bertz CT molecular complexity index is 293. The van der Waals surface area contributed by atoms with Gasteiger partial charge < -0.3 is 19.9 Å². The maximum Gasteiger partial charge on any atom is 0.253 e. The molecule has 0 aromatic heterocycles. The highest BCUT2D eigenvalue weighted by Crippen LogP contribution is 2.19. The predicted molar refractivity (Wildman–Crippen MR) is 79.7 cm³/mol. The largest absolute Gasteiger partial charge is 0.366 e. The number of hydrogen-bond donors (Lipinski definition) is 1. The maximum absolute atomic E-state index is 12.3. The highest BCUT2D eigenvalue weighted by molar-refractivity contribution is 5.81. The number of rotatable bonds is 5. The van der Waals surface area contributed by atoms with Gasteiger partial charge in [0.15, 0.2) is 0 Å². The molecule has 20 heavy (non-hydrogen) atoms. The summed E-state index contributed by atoms with van der Waals surface area (Å²) in [4.78, 5) is 16.8. The summed E-state index contributed by atoms with van der Waals surface area (Å²) in [6.45, 7) is 11.8. The molecular weight excluding hydrogens is 254 g/mol. The van der Waals surface area contributed by atoms with Crippen LogP contribution in [0.4, 0.5) is 0 Å². The van der Waals surface area contributed by atoms with E-state index < -0.39 is 0 Å². The molecule has 0 aromatic carbocycles. The van der Waals surface area contributed by atoms with E-state index >= 15 is 0 Å². The molecule has 116 valence electrons. The van der Waals surface area contributed by atoms with Crippen LogP contribution in [-0.2, 0) is 9.53 Å². The SMILES string of the molecule is CCN(CC)CC1CCN(C(=O)C2CNCCO2)CC1. The van der Waals surface area contributed by atoms with Gasteiger partial charge in [-0.1, -0.05) is 13.8 Å². The molecule has 0 saturated carbocycles. The van der Waals surface area contributed by atoms with Gasteiger partial charge in [0, 0.05) is 32.7 Å². The number of hydrogen-bond acceptors (Lipinski definition) is 4. The van der Waals surface area contributed by atoms with Crippen molar-refractivity contribution in [2.75, 3.05) is 52.4 Å². The van der Waals surface area contributed by atoms with Crippen LogP contribution in [0.25, 0.3) is 0 Å². The van der Waals surface area contributed by atoms with Crippen LogP contribution in [0.3, 0.4) is 0 Å². The molecule has 1 amide bonds. The molecule has 0 aromatic rings. The minimum absolute atomic E-state index is 0.179. The van der Waals surface area contributed by atoms with E-state index in [4.69, 9.17) is 4.74 Å². The quantitative estimate of drug-likeness (QED) is 0.800. The van der Waals surface area contributed by atoms with Gasteiger partial charge in [-0.3, -0.25) is 4.79 Å². The lowest BCUT2D eigenvalue weighted by Crippen LogP contribution is -2.51. The molecule has 2 aliphatic rings. The summed E-state index contributed by atoms with van der Waals surface area (Å²) in [5.74, 6) is 0.919. The summed E-state index contributed by atoms with van der Waals surface area (Å²) in [7, 11) is 0. The summed E-state index contributed by atoms with van der Waals surface area (Å²) >= 11 is 0. The van der Waals surface area contributed by atoms with Crippen molar-refractivity contribution in [3.63, 3.8) is 0 Å².